The van der Waals surface area contributed by atoms with E-state index in [9.17, 15) is 9.18 Å². The summed E-state index contributed by atoms with van der Waals surface area (Å²) in [5, 5.41) is 0.510. The van der Waals surface area contributed by atoms with Crippen LogP contribution < -0.4 is 5.56 Å². The second kappa shape index (κ2) is 6.72. The third-order valence-corrected chi connectivity index (χ3v) is 4.00. The van der Waals surface area contributed by atoms with Crippen molar-refractivity contribution in [3.05, 3.63) is 101 Å². The second-order valence-electron chi connectivity index (χ2n) is 5.72. The first-order chi connectivity index (χ1) is 12.7. The normalized spacial score (nSPS) is 11.3. The number of hydrogen-bond acceptors (Lipinski definition) is 3. The summed E-state index contributed by atoms with van der Waals surface area (Å²) in [4.78, 5) is 21.7. The number of aromatic nitrogens is 3. The topological polar surface area (TPSA) is 47.8 Å². The Morgan fingerprint density at radius 3 is 2.50 bits per heavy atom. The number of fused-ring (bicyclic) bond motifs is 1. The molecule has 2 heterocycles. The molecule has 0 unspecified atom stereocenters. The summed E-state index contributed by atoms with van der Waals surface area (Å²) in [7, 11) is 0. The summed E-state index contributed by atoms with van der Waals surface area (Å²) < 4.78 is 14.8. The van der Waals surface area contributed by atoms with Gasteiger partial charge in [0.15, 0.2) is 0 Å². The maximum Gasteiger partial charge on any atom is 0.266 e. The Kier molecular flexibility index (Phi) is 4.11. The average Bonchev–Trinajstić information content (AvgIpc) is 2.68. The zero-order valence-corrected chi connectivity index (χ0v) is 13.7. The van der Waals surface area contributed by atoms with Gasteiger partial charge in [-0.3, -0.25) is 14.3 Å². The fourth-order valence-electron chi connectivity index (χ4n) is 2.75. The van der Waals surface area contributed by atoms with Crippen molar-refractivity contribution in [3.63, 3.8) is 0 Å². The van der Waals surface area contributed by atoms with Crippen molar-refractivity contribution in [2.75, 3.05) is 0 Å². The molecule has 0 aliphatic rings. The predicted octanol–water partition coefficient (Wildman–Crippen LogP) is 4.09. The van der Waals surface area contributed by atoms with Gasteiger partial charge in [-0.05, 0) is 60.2 Å². The van der Waals surface area contributed by atoms with Crippen LogP contribution in [0.1, 0.15) is 11.4 Å². The first kappa shape index (κ1) is 15.9. The molecule has 2 aromatic carbocycles. The Bertz CT molecular complexity index is 1150. The van der Waals surface area contributed by atoms with Crippen LogP contribution in [0.3, 0.4) is 0 Å². The van der Waals surface area contributed by atoms with Crippen molar-refractivity contribution < 1.29 is 4.39 Å². The smallest absolute Gasteiger partial charge is 0.266 e. The number of para-hydroxylation sites is 1. The molecule has 26 heavy (non-hydrogen) atoms. The van der Waals surface area contributed by atoms with Gasteiger partial charge in [-0.25, -0.2) is 9.37 Å². The highest BCUT2D eigenvalue weighted by Gasteiger charge is 2.11. The van der Waals surface area contributed by atoms with Gasteiger partial charge in [-0.15, -0.1) is 0 Å². The van der Waals surface area contributed by atoms with Crippen molar-refractivity contribution in [1.82, 2.24) is 14.5 Å². The number of pyridine rings is 1. The number of benzene rings is 2. The highest BCUT2D eigenvalue weighted by atomic mass is 19.1. The van der Waals surface area contributed by atoms with Crippen molar-refractivity contribution in [3.8, 4) is 5.69 Å². The molecule has 0 aliphatic heterocycles. The highest BCUT2D eigenvalue weighted by Crippen LogP contribution is 2.15. The maximum atomic E-state index is 13.3. The zero-order valence-electron chi connectivity index (χ0n) is 13.7. The van der Waals surface area contributed by atoms with Crippen molar-refractivity contribution in [1.29, 1.82) is 0 Å². The number of hydrogen-bond donors (Lipinski definition) is 0. The van der Waals surface area contributed by atoms with E-state index in [0.29, 0.717) is 22.4 Å². The molecule has 0 atom stereocenters. The van der Waals surface area contributed by atoms with Gasteiger partial charge in [0, 0.05) is 12.4 Å². The molecule has 126 valence electrons. The van der Waals surface area contributed by atoms with Crippen LogP contribution in [-0.4, -0.2) is 14.5 Å². The van der Waals surface area contributed by atoms with Crippen molar-refractivity contribution >= 4 is 23.1 Å². The molecule has 0 aliphatic carbocycles. The van der Waals surface area contributed by atoms with E-state index < -0.39 is 0 Å². The van der Waals surface area contributed by atoms with Gasteiger partial charge in [-0.1, -0.05) is 18.2 Å². The van der Waals surface area contributed by atoms with Crippen LogP contribution in [0.4, 0.5) is 4.39 Å². The van der Waals surface area contributed by atoms with E-state index in [2.05, 4.69) is 9.97 Å². The van der Waals surface area contributed by atoms with E-state index in [1.54, 1.807) is 48.8 Å². The van der Waals surface area contributed by atoms with Crippen LogP contribution in [0.2, 0.25) is 0 Å². The molecule has 0 bridgehead atoms. The molecule has 0 fully saturated rings. The number of nitrogens with zero attached hydrogens (tertiary/aromatic N) is 3. The van der Waals surface area contributed by atoms with E-state index in [0.717, 1.165) is 5.56 Å². The van der Waals surface area contributed by atoms with E-state index >= 15 is 0 Å². The fraction of sp³-hybridized carbons (Fsp3) is 0. The lowest BCUT2D eigenvalue weighted by atomic mass is 10.2. The molecule has 0 spiro atoms. The van der Waals surface area contributed by atoms with Gasteiger partial charge in [0.25, 0.3) is 5.56 Å². The van der Waals surface area contributed by atoms with Crippen molar-refractivity contribution in [2.24, 2.45) is 0 Å². The maximum absolute atomic E-state index is 13.3. The van der Waals surface area contributed by atoms with Crippen LogP contribution in [0, 0.1) is 5.82 Å². The Morgan fingerprint density at radius 2 is 1.73 bits per heavy atom. The summed E-state index contributed by atoms with van der Waals surface area (Å²) in [5.74, 6) is 0.104. The first-order valence-corrected chi connectivity index (χ1v) is 8.08. The molecule has 5 heteroatoms. The second-order valence-corrected chi connectivity index (χ2v) is 5.72. The summed E-state index contributed by atoms with van der Waals surface area (Å²) in [6, 6.07) is 16.7. The molecule has 4 nitrogen and oxygen atoms in total. The molecule has 0 saturated heterocycles. The van der Waals surface area contributed by atoms with Crippen molar-refractivity contribution in [2.45, 2.75) is 0 Å². The van der Waals surface area contributed by atoms with Gasteiger partial charge in [0.05, 0.1) is 16.6 Å². The molecule has 0 amide bonds. The van der Waals surface area contributed by atoms with Crippen LogP contribution in [-0.2, 0) is 0 Å². The van der Waals surface area contributed by atoms with Crippen LogP contribution in [0.25, 0.3) is 28.7 Å². The first-order valence-electron chi connectivity index (χ1n) is 8.08. The van der Waals surface area contributed by atoms with E-state index in [1.807, 2.05) is 24.3 Å². The molecule has 0 saturated carbocycles. The standard InChI is InChI=1S/C21H14FN3O/c22-16-8-10-17(11-9-16)25-20(12-7-15-4-3-13-23-14-15)24-19-6-2-1-5-18(19)21(25)26/h1-14H/b12-7+. The van der Waals surface area contributed by atoms with Crippen LogP contribution >= 0.6 is 0 Å². The Labute approximate surface area is 148 Å². The zero-order chi connectivity index (χ0) is 17.9. The molecule has 0 radical (unpaired) electrons. The van der Waals surface area contributed by atoms with Gasteiger partial charge in [0.1, 0.15) is 11.6 Å². The van der Waals surface area contributed by atoms with Gasteiger partial charge < -0.3 is 0 Å². The lowest BCUT2D eigenvalue weighted by Crippen LogP contribution is -2.22. The van der Waals surface area contributed by atoms with E-state index in [4.69, 9.17) is 0 Å². The Hall–Kier alpha value is -3.60. The fourth-order valence-corrected chi connectivity index (χ4v) is 2.75. The molecular formula is C21H14FN3O. The lowest BCUT2D eigenvalue weighted by Gasteiger charge is -2.11. The van der Waals surface area contributed by atoms with Crippen LogP contribution in [0.15, 0.2) is 77.9 Å². The molecule has 0 N–H and O–H groups in total. The lowest BCUT2D eigenvalue weighted by molar-refractivity contribution is 0.627. The largest absolute Gasteiger partial charge is 0.268 e. The average molecular weight is 343 g/mol. The molecule has 4 aromatic rings. The third kappa shape index (κ3) is 3.02. The van der Waals surface area contributed by atoms with Gasteiger partial charge in [-0.2, -0.15) is 0 Å². The number of rotatable bonds is 3. The number of halogens is 1. The Morgan fingerprint density at radius 1 is 0.923 bits per heavy atom. The SMILES string of the molecule is O=c1c2ccccc2nc(/C=C/c2cccnc2)n1-c1ccc(F)cc1. The summed E-state index contributed by atoms with van der Waals surface area (Å²) >= 11 is 0. The van der Waals surface area contributed by atoms with Gasteiger partial charge >= 0.3 is 0 Å². The summed E-state index contributed by atoms with van der Waals surface area (Å²) in [6.45, 7) is 0. The Balaban J connectivity index is 1.95. The summed E-state index contributed by atoms with van der Waals surface area (Å²) in [5.41, 5.74) is 1.86. The van der Waals surface area contributed by atoms with E-state index in [-0.39, 0.29) is 11.4 Å². The predicted molar refractivity (Wildman–Crippen MR) is 100 cm³/mol. The van der Waals surface area contributed by atoms with Gasteiger partial charge in [0.2, 0.25) is 0 Å². The quantitative estimate of drug-likeness (QED) is 0.563. The molecular weight excluding hydrogens is 329 g/mol. The molecule has 2 aromatic heterocycles. The minimum atomic E-state index is -0.358. The third-order valence-electron chi connectivity index (χ3n) is 4.00. The van der Waals surface area contributed by atoms with E-state index in [1.165, 1.54) is 16.7 Å². The minimum Gasteiger partial charge on any atom is -0.268 e. The molecule has 4 rings (SSSR count). The highest BCUT2D eigenvalue weighted by molar-refractivity contribution is 5.80. The minimum absolute atomic E-state index is 0.201. The monoisotopic (exact) mass is 343 g/mol. The van der Waals surface area contributed by atoms with Crippen LogP contribution in [0.5, 0.6) is 0 Å². The summed E-state index contributed by atoms with van der Waals surface area (Å²) in [6.07, 6.45) is 7.01.